The van der Waals surface area contributed by atoms with Gasteiger partial charge in [0.25, 0.3) is 0 Å². The summed E-state index contributed by atoms with van der Waals surface area (Å²) >= 11 is 0. The lowest BCUT2D eigenvalue weighted by Crippen LogP contribution is -2.30. The van der Waals surface area contributed by atoms with E-state index in [0.29, 0.717) is 17.5 Å². The molecule has 1 rings (SSSR count). The van der Waals surface area contributed by atoms with Crippen molar-refractivity contribution in [1.29, 1.82) is 0 Å². The Hall–Kier alpha value is -0.910. The Kier molecular flexibility index (Phi) is 5.97. The Bertz CT molecular complexity index is 510. The van der Waals surface area contributed by atoms with Gasteiger partial charge in [-0.05, 0) is 38.4 Å². The van der Waals surface area contributed by atoms with Crippen molar-refractivity contribution in [2.24, 2.45) is 0 Å². The summed E-state index contributed by atoms with van der Waals surface area (Å²) in [6, 6.07) is 5.80. The van der Waals surface area contributed by atoms with Gasteiger partial charge < -0.3 is 5.32 Å². The minimum Gasteiger partial charge on any atom is -0.314 e. The Balaban J connectivity index is 2.56. The number of sulfonamides is 1. The minimum atomic E-state index is -3.39. The predicted molar refractivity (Wildman–Crippen MR) is 78.9 cm³/mol. The highest BCUT2D eigenvalue weighted by Gasteiger charge is 2.15. The van der Waals surface area contributed by atoms with Crippen LogP contribution in [-0.2, 0) is 10.0 Å². The molecule has 108 valence electrons. The molecule has 0 amide bonds. The number of rotatable bonds is 7. The summed E-state index contributed by atoms with van der Waals surface area (Å²) in [7, 11) is -3.39. The molecule has 0 saturated carbocycles. The second kappa shape index (κ2) is 7.03. The van der Waals surface area contributed by atoms with Crippen molar-refractivity contribution < 1.29 is 8.42 Å². The highest BCUT2D eigenvalue weighted by Crippen LogP contribution is 2.15. The predicted octanol–water partition coefficient (Wildman–Crippen LogP) is 1.97. The molecule has 0 saturated heterocycles. The molecule has 0 spiro atoms. The van der Waals surface area contributed by atoms with Crippen LogP contribution in [0, 0.1) is 13.8 Å². The minimum absolute atomic E-state index is 0.370. The van der Waals surface area contributed by atoms with Crippen molar-refractivity contribution in [3.8, 4) is 0 Å². The van der Waals surface area contributed by atoms with Crippen LogP contribution < -0.4 is 10.0 Å². The van der Waals surface area contributed by atoms with Gasteiger partial charge in [-0.3, -0.25) is 0 Å². The summed E-state index contributed by atoms with van der Waals surface area (Å²) in [5.74, 6) is 0. The summed E-state index contributed by atoms with van der Waals surface area (Å²) in [5.41, 5.74) is 1.85. The molecule has 1 aromatic carbocycles. The van der Waals surface area contributed by atoms with Gasteiger partial charge in [-0.2, -0.15) is 0 Å². The van der Waals surface area contributed by atoms with E-state index in [-0.39, 0.29) is 0 Å². The maximum absolute atomic E-state index is 12.1. The van der Waals surface area contributed by atoms with Crippen LogP contribution >= 0.6 is 0 Å². The van der Waals surface area contributed by atoms with Gasteiger partial charge in [0.1, 0.15) is 0 Å². The third kappa shape index (κ3) is 5.30. The van der Waals surface area contributed by atoms with E-state index in [1.165, 1.54) is 0 Å². The number of benzene rings is 1. The quantitative estimate of drug-likeness (QED) is 0.753. The molecular formula is C14H24N2O2S. The number of aryl methyl sites for hydroxylation is 2. The zero-order chi connectivity index (χ0) is 14.5. The molecule has 0 radical (unpaired) electrons. The Morgan fingerprint density at radius 2 is 1.84 bits per heavy atom. The van der Waals surface area contributed by atoms with E-state index in [4.69, 9.17) is 0 Å². The SMILES string of the molecule is Cc1ccc(S(=O)(=O)NCCCNC(C)C)c(C)c1. The molecule has 19 heavy (non-hydrogen) atoms. The molecule has 0 aliphatic rings. The lowest BCUT2D eigenvalue weighted by molar-refractivity contribution is 0.554. The molecular weight excluding hydrogens is 260 g/mol. The molecule has 0 aliphatic carbocycles. The van der Waals surface area contributed by atoms with Gasteiger partial charge in [0.05, 0.1) is 4.90 Å². The first-order valence-electron chi connectivity index (χ1n) is 6.63. The number of hydrogen-bond donors (Lipinski definition) is 2. The largest absolute Gasteiger partial charge is 0.314 e. The van der Waals surface area contributed by atoms with Crippen LogP contribution in [-0.4, -0.2) is 27.5 Å². The maximum atomic E-state index is 12.1. The molecule has 0 fully saturated rings. The molecule has 2 N–H and O–H groups in total. The van der Waals surface area contributed by atoms with Gasteiger partial charge in [0.15, 0.2) is 0 Å². The first-order chi connectivity index (χ1) is 8.83. The molecule has 0 aliphatic heterocycles. The second-order valence-corrected chi connectivity index (χ2v) is 6.86. The lowest BCUT2D eigenvalue weighted by Gasteiger charge is -2.11. The van der Waals surface area contributed by atoms with Gasteiger partial charge in [-0.25, -0.2) is 13.1 Å². The number of hydrogen-bond acceptors (Lipinski definition) is 3. The molecule has 5 heteroatoms. The molecule has 1 aromatic rings. The summed E-state index contributed by atoms with van der Waals surface area (Å²) in [4.78, 5) is 0.370. The topological polar surface area (TPSA) is 58.2 Å². The molecule has 0 atom stereocenters. The summed E-state index contributed by atoms with van der Waals surface area (Å²) in [5, 5.41) is 3.26. The average Bonchev–Trinajstić information content (AvgIpc) is 2.27. The van der Waals surface area contributed by atoms with E-state index in [1.54, 1.807) is 6.07 Å². The van der Waals surface area contributed by atoms with Crippen molar-refractivity contribution >= 4 is 10.0 Å². The fourth-order valence-corrected chi connectivity index (χ4v) is 3.16. The van der Waals surface area contributed by atoms with E-state index in [0.717, 1.165) is 24.1 Å². The molecule has 0 bridgehead atoms. The van der Waals surface area contributed by atoms with Crippen molar-refractivity contribution in [1.82, 2.24) is 10.0 Å². The Morgan fingerprint density at radius 3 is 2.42 bits per heavy atom. The molecule has 0 heterocycles. The van der Waals surface area contributed by atoms with Crippen LogP contribution in [0.15, 0.2) is 23.1 Å². The Labute approximate surface area is 116 Å². The Morgan fingerprint density at radius 1 is 1.16 bits per heavy atom. The van der Waals surface area contributed by atoms with Crippen molar-refractivity contribution in [2.45, 2.75) is 45.1 Å². The van der Waals surface area contributed by atoms with Crippen LogP contribution in [0.5, 0.6) is 0 Å². The fourth-order valence-electron chi connectivity index (χ4n) is 1.86. The summed E-state index contributed by atoms with van der Waals surface area (Å²) in [6.45, 7) is 9.18. The number of nitrogens with one attached hydrogen (secondary N) is 2. The van der Waals surface area contributed by atoms with E-state index in [2.05, 4.69) is 23.9 Å². The van der Waals surface area contributed by atoms with Gasteiger partial charge in [-0.1, -0.05) is 31.5 Å². The van der Waals surface area contributed by atoms with E-state index >= 15 is 0 Å². The maximum Gasteiger partial charge on any atom is 0.240 e. The third-order valence-electron chi connectivity index (χ3n) is 2.82. The second-order valence-electron chi connectivity index (χ2n) is 5.13. The van der Waals surface area contributed by atoms with E-state index < -0.39 is 10.0 Å². The van der Waals surface area contributed by atoms with Gasteiger partial charge >= 0.3 is 0 Å². The van der Waals surface area contributed by atoms with Crippen LogP contribution in [0.4, 0.5) is 0 Å². The first kappa shape index (κ1) is 16.1. The average molecular weight is 284 g/mol. The van der Waals surface area contributed by atoms with E-state index in [9.17, 15) is 8.42 Å². The zero-order valence-corrected chi connectivity index (χ0v) is 13.0. The van der Waals surface area contributed by atoms with E-state index in [1.807, 2.05) is 26.0 Å². The smallest absolute Gasteiger partial charge is 0.240 e. The third-order valence-corrected chi connectivity index (χ3v) is 4.44. The van der Waals surface area contributed by atoms with Crippen molar-refractivity contribution in [2.75, 3.05) is 13.1 Å². The summed E-state index contributed by atoms with van der Waals surface area (Å²) < 4.78 is 26.9. The van der Waals surface area contributed by atoms with Crippen LogP contribution in [0.1, 0.15) is 31.4 Å². The zero-order valence-electron chi connectivity index (χ0n) is 12.2. The first-order valence-corrected chi connectivity index (χ1v) is 8.11. The highest BCUT2D eigenvalue weighted by atomic mass is 32.2. The molecule has 0 aromatic heterocycles. The van der Waals surface area contributed by atoms with Crippen LogP contribution in [0.3, 0.4) is 0 Å². The standard InChI is InChI=1S/C14H24N2O2S/c1-11(2)15-8-5-9-16-19(17,18)14-7-6-12(3)10-13(14)4/h6-7,10-11,15-16H,5,8-9H2,1-4H3. The van der Waals surface area contributed by atoms with Crippen LogP contribution in [0.25, 0.3) is 0 Å². The monoisotopic (exact) mass is 284 g/mol. The van der Waals surface area contributed by atoms with Crippen LogP contribution in [0.2, 0.25) is 0 Å². The molecule has 0 unspecified atom stereocenters. The van der Waals surface area contributed by atoms with Gasteiger partial charge in [0.2, 0.25) is 10.0 Å². The van der Waals surface area contributed by atoms with Gasteiger partial charge in [-0.15, -0.1) is 0 Å². The summed E-state index contributed by atoms with van der Waals surface area (Å²) in [6.07, 6.45) is 0.780. The normalized spacial score (nSPS) is 12.1. The van der Waals surface area contributed by atoms with Crippen molar-refractivity contribution in [3.05, 3.63) is 29.3 Å². The van der Waals surface area contributed by atoms with Crippen molar-refractivity contribution in [3.63, 3.8) is 0 Å². The van der Waals surface area contributed by atoms with Gasteiger partial charge in [0, 0.05) is 12.6 Å². The molecule has 4 nitrogen and oxygen atoms in total. The highest BCUT2D eigenvalue weighted by molar-refractivity contribution is 7.89. The fraction of sp³-hybridized carbons (Fsp3) is 0.571. The lowest BCUT2D eigenvalue weighted by atomic mass is 10.2.